The maximum absolute atomic E-state index is 12.7. The molecule has 3 aromatic rings. The Morgan fingerprint density at radius 3 is 2.85 bits per heavy atom. The van der Waals surface area contributed by atoms with Gasteiger partial charge >= 0.3 is 6.09 Å². The van der Waals surface area contributed by atoms with Crippen LogP contribution in [0.4, 0.5) is 10.6 Å². The van der Waals surface area contributed by atoms with E-state index in [0.717, 1.165) is 46.3 Å². The normalized spacial score (nSPS) is 17.4. The van der Waals surface area contributed by atoms with Crippen LogP contribution in [0.1, 0.15) is 39.2 Å². The van der Waals surface area contributed by atoms with E-state index in [1.54, 1.807) is 11.1 Å². The summed E-state index contributed by atoms with van der Waals surface area (Å²) in [5.41, 5.74) is 3.86. The van der Waals surface area contributed by atoms with Crippen LogP contribution in [0.2, 0.25) is 0 Å². The Morgan fingerprint density at radius 1 is 1.30 bits per heavy atom. The minimum Gasteiger partial charge on any atom is -0.443 e. The lowest BCUT2D eigenvalue weighted by molar-refractivity contribution is 0.0580. The minimum atomic E-state index is -0.519. The van der Waals surface area contributed by atoms with E-state index in [0.29, 0.717) is 6.54 Å². The third-order valence-corrected chi connectivity index (χ3v) is 5.42. The zero-order valence-corrected chi connectivity index (χ0v) is 15.7. The van der Waals surface area contributed by atoms with Crippen molar-refractivity contribution in [3.63, 3.8) is 0 Å². The number of carbonyl (C=O) groups is 1. The number of ether oxygens (including phenoxy) is 1. The number of rotatable bonds is 1. The van der Waals surface area contributed by atoms with Gasteiger partial charge in [-0.1, -0.05) is 0 Å². The lowest BCUT2D eigenvalue weighted by Gasteiger charge is -2.24. The highest BCUT2D eigenvalue weighted by molar-refractivity contribution is 5.96. The lowest BCUT2D eigenvalue weighted by atomic mass is 9.97. The predicted octanol–water partition coefficient (Wildman–Crippen LogP) is 4.41. The van der Waals surface area contributed by atoms with Crippen LogP contribution in [-0.4, -0.2) is 33.2 Å². The number of amides is 1. The number of aromatic amines is 1. The van der Waals surface area contributed by atoms with Crippen LogP contribution >= 0.6 is 0 Å². The Morgan fingerprint density at radius 2 is 2.11 bits per heavy atom. The summed E-state index contributed by atoms with van der Waals surface area (Å²) in [5.74, 6) is 0.743. The number of H-pyrrole nitrogens is 1. The summed E-state index contributed by atoms with van der Waals surface area (Å²) in [4.78, 5) is 26.5. The largest absolute Gasteiger partial charge is 0.443 e. The first-order valence-corrected chi connectivity index (χ1v) is 9.29. The van der Waals surface area contributed by atoms with Crippen molar-refractivity contribution in [1.29, 1.82) is 0 Å². The Bertz CT molecular complexity index is 1060. The van der Waals surface area contributed by atoms with E-state index < -0.39 is 5.60 Å². The summed E-state index contributed by atoms with van der Waals surface area (Å²) >= 11 is 0. The highest BCUT2D eigenvalue weighted by Gasteiger charge is 2.54. The van der Waals surface area contributed by atoms with Crippen LogP contribution in [0.3, 0.4) is 0 Å². The van der Waals surface area contributed by atoms with Gasteiger partial charge in [0.15, 0.2) is 0 Å². The van der Waals surface area contributed by atoms with Crippen molar-refractivity contribution >= 4 is 22.8 Å². The number of fused-ring (bicyclic) bond motifs is 3. The van der Waals surface area contributed by atoms with Gasteiger partial charge in [-0.05, 0) is 45.7 Å². The number of hydrogen-bond acceptors (Lipinski definition) is 4. The minimum absolute atomic E-state index is 0.0446. The van der Waals surface area contributed by atoms with Gasteiger partial charge in [-0.3, -0.25) is 9.88 Å². The van der Waals surface area contributed by atoms with E-state index in [9.17, 15) is 4.79 Å². The molecular weight excluding hydrogens is 340 g/mol. The van der Waals surface area contributed by atoms with Gasteiger partial charge in [-0.15, -0.1) is 0 Å². The number of pyridine rings is 2. The van der Waals surface area contributed by atoms with Gasteiger partial charge < -0.3 is 9.72 Å². The molecular formula is C21H22N4O2. The molecule has 0 saturated heterocycles. The molecule has 1 N–H and O–H groups in total. The number of hydrogen-bond donors (Lipinski definition) is 1. The molecule has 4 heterocycles. The molecule has 2 aliphatic rings. The molecule has 1 saturated carbocycles. The topological polar surface area (TPSA) is 71.1 Å². The summed E-state index contributed by atoms with van der Waals surface area (Å²) < 4.78 is 5.59. The van der Waals surface area contributed by atoms with E-state index in [4.69, 9.17) is 4.74 Å². The molecule has 1 amide bonds. The average Bonchev–Trinajstić information content (AvgIpc) is 3.15. The maximum atomic E-state index is 12.7. The monoisotopic (exact) mass is 362 g/mol. The number of nitrogens with zero attached hydrogens (tertiary/aromatic N) is 3. The number of nitrogens with one attached hydrogen (secondary N) is 1. The molecule has 1 aliphatic heterocycles. The molecule has 6 nitrogen and oxygen atoms in total. The molecule has 1 spiro atoms. The predicted molar refractivity (Wildman–Crippen MR) is 104 cm³/mol. The van der Waals surface area contributed by atoms with Crippen molar-refractivity contribution in [2.45, 2.75) is 44.6 Å². The molecule has 27 heavy (non-hydrogen) atoms. The van der Waals surface area contributed by atoms with E-state index in [2.05, 4.69) is 21.0 Å². The Labute approximate surface area is 157 Å². The van der Waals surface area contributed by atoms with Crippen LogP contribution in [-0.2, 0) is 10.2 Å². The van der Waals surface area contributed by atoms with Gasteiger partial charge in [0.1, 0.15) is 11.4 Å². The van der Waals surface area contributed by atoms with Crippen molar-refractivity contribution in [1.82, 2.24) is 15.0 Å². The lowest BCUT2D eigenvalue weighted by Crippen LogP contribution is -2.37. The van der Waals surface area contributed by atoms with E-state index in [1.807, 2.05) is 45.4 Å². The molecule has 3 aromatic heterocycles. The van der Waals surface area contributed by atoms with Crippen LogP contribution < -0.4 is 4.90 Å². The molecule has 0 atom stereocenters. The summed E-state index contributed by atoms with van der Waals surface area (Å²) in [6.07, 6.45) is 9.33. The summed E-state index contributed by atoms with van der Waals surface area (Å²) in [6.45, 7) is 6.32. The number of anilines is 1. The van der Waals surface area contributed by atoms with Crippen molar-refractivity contribution in [3.05, 3.63) is 42.5 Å². The molecule has 0 unspecified atom stereocenters. The van der Waals surface area contributed by atoms with Crippen molar-refractivity contribution in [3.8, 4) is 11.1 Å². The Balaban J connectivity index is 1.56. The average molecular weight is 362 g/mol. The fourth-order valence-corrected chi connectivity index (χ4v) is 3.93. The second-order valence-electron chi connectivity index (χ2n) is 8.57. The van der Waals surface area contributed by atoms with E-state index in [1.165, 1.54) is 0 Å². The molecule has 5 rings (SSSR count). The van der Waals surface area contributed by atoms with Gasteiger partial charge in [-0.2, -0.15) is 0 Å². The first-order valence-electron chi connectivity index (χ1n) is 9.29. The highest BCUT2D eigenvalue weighted by atomic mass is 16.6. The maximum Gasteiger partial charge on any atom is 0.416 e. The molecule has 0 aromatic carbocycles. The Kier molecular flexibility index (Phi) is 3.21. The van der Waals surface area contributed by atoms with Crippen LogP contribution in [0.5, 0.6) is 0 Å². The Hall–Kier alpha value is -2.89. The summed E-state index contributed by atoms with van der Waals surface area (Å²) in [6, 6.07) is 4.21. The van der Waals surface area contributed by atoms with Crippen molar-refractivity contribution < 1.29 is 9.53 Å². The fourth-order valence-electron chi connectivity index (χ4n) is 3.93. The summed E-state index contributed by atoms with van der Waals surface area (Å²) in [7, 11) is 0. The van der Waals surface area contributed by atoms with Crippen LogP contribution in [0, 0.1) is 0 Å². The smallest absolute Gasteiger partial charge is 0.416 e. The molecule has 1 aliphatic carbocycles. The van der Waals surface area contributed by atoms with Gasteiger partial charge in [-0.25, -0.2) is 9.78 Å². The molecule has 6 heteroatoms. The molecule has 138 valence electrons. The van der Waals surface area contributed by atoms with Gasteiger partial charge in [0.25, 0.3) is 0 Å². The summed E-state index contributed by atoms with van der Waals surface area (Å²) in [5, 5.41) is 1.12. The first kappa shape index (κ1) is 16.3. The van der Waals surface area contributed by atoms with Crippen LogP contribution in [0.15, 0.2) is 36.9 Å². The quantitative estimate of drug-likeness (QED) is 0.696. The molecule has 0 radical (unpaired) electrons. The van der Waals surface area contributed by atoms with Crippen molar-refractivity contribution in [2.24, 2.45) is 0 Å². The van der Waals surface area contributed by atoms with Crippen molar-refractivity contribution in [2.75, 3.05) is 11.4 Å². The zero-order chi connectivity index (χ0) is 18.8. The molecule has 1 fully saturated rings. The molecule has 0 bridgehead atoms. The van der Waals surface area contributed by atoms with E-state index >= 15 is 0 Å². The fraction of sp³-hybridized carbons (Fsp3) is 0.381. The van der Waals surface area contributed by atoms with Gasteiger partial charge in [0.2, 0.25) is 0 Å². The highest BCUT2D eigenvalue weighted by Crippen LogP contribution is 2.56. The first-order chi connectivity index (χ1) is 12.9. The second-order valence-corrected chi connectivity index (χ2v) is 8.57. The number of carbonyl (C=O) groups excluding carboxylic acids is 1. The van der Waals surface area contributed by atoms with Gasteiger partial charge in [0.05, 0.1) is 11.7 Å². The number of aromatic nitrogens is 3. The standard InChI is InChI=1S/C21H22N4O2/c1-20(2,3)27-19(26)25-12-21(5-6-21)16-8-13(9-24-18(16)25)15-10-23-17-11-22-7-4-14(15)17/h4,7-11,23H,5-6,12H2,1-3H3. The second kappa shape index (κ2) is 5.31. The third-order valence-electron chi connectivity index (χ3n) is 5.42. The van der Waals surface area contributed by atoms with E-state index in [-0.39, 0.29) is 11.5 Å². The van der Waals surface area contributed by atoms with Gasteiger partial charge in [0, 0.05) is 52.6 Å². The van der Waals surface area contributed by atoms with Crippen LogP contribution in [0.25, 0.3) is 22.0 Å². The third kappa shape index (κ3) is 2.59. The zero-order valence-electron chi connectivity index (χ0n) is 15.7. The SMILES string of the molecule is CC(C)(C)OC(=O)N1CC2(CC2)c2cc(-c3c[nH]c4cnccc34)cnc21.